The largest absolute Gasteiger partial charge is 0.469 e. The number of hydrogen-bond donors (Lipinski definition) is 0. The maximum absolute atomic E-state index is 12.7. The number of esters is 1. The first-order valence-corrected chi connectivity index (χ1v) is 10.6. The van der Waals surface area contributed by atoms with Crippen LogP contribution >= 0.6 is 0 Å². The Morgan fingerprint density at radius 1 is 1.03 bits per heavy atom. The molecule has 1 atom stereocenters. The minimum Gasteiger partial charge on any atom is -0.469 e. The number of nitrogens with zero attached hydrogens (tertiary/aromatic N) is 1. The normalized spacial score (nSPS) is 18.9. The summed E-state index contributed by atoms with van der Waals surface area (Å²) in [6, 6.07) is 18.9. The fraction of sp³-hybridized carbons (Fsp3) is 0.417. The number of ketones is 1. The number of carbonyl (C=O) groups is 2. The molecule has 0 aromatic heterocycles. The van der Waals surface area contributed by atoms with Gasteiger partial charge in [0.2, 0.25) is 0 Å². The van der Waals surface area contributed by atoms with Gasteiger partial charge in [-0.25, -0.2) is 4.90 Å². The van der Waals surface area contributed by atoms with Gasteiger partial charge in [0.25, 0.3) is 0 Å². The van der Waals surface area contributed by atoms with Crippen LogP contribution in [-0.2, 0) is 50.4 Å². The average molecular weight is 616 g/mol. The summed E-state index contributed by atoms with van der Waals surface area (Å²) in [7, 11) is 1.37. The van der Waals surface area contributed by atoms with Gasteiger partial charge in [-0.3, -0.25) is 9.59 Å². The smallest absolute Gasteiger partial charge is 0.408 e. The van der Waals surface area contributed by atoms with E-state index in [0.29, 0.717) is 38.1 Å². The maximum atomic E-state index is 12.7. The molecule has 2 aliphatic rings. The molecule has 0 radical (unpaired) electrons. The van der Waals surface area contributed by atoms with Gasteiger partial charge in [-0.1, -0.05) is 60.7 Å². The van der Waals surface area contributed by atoms with Crippen molar-refractivity contribution in [3.8, 4) is 0 Å². The van der Waals surface area contributed by atoms with E-state index in [4.69, 9.17) is 19.2 Å². The van der Waals surface area contributed by atoms with Crippen LogP contribution in [0.2, 0.25) is 0 Å². The van der Waals surface area contributed by atoms with Gasteiger partial charge in [0.05, 0.1) is 19.6 Å². The van der Waals surface area contributed by atoms with Crippen molar-refractivity contribution in [2.24, 2.45) is 11.8 Å². The van der Waals surface area contributed by atoms with E-state index in [0.717, 1.165) is 5.56 Å². The quantitative estimate of drug-likeness (QED) is 0.185. The van der Waals surface area contributed by atoms with Gasteiger partial charge in [-0.15, -0.1) is 9.78 Å². The molecule has 8 heteroatoms. The number of carbonyl (C=O) groups excluding carboxylic acids is 2. The zero-order chi connectivity index (χ0) is 21.7. The minimum absolute atomic E-state index is 0. The fourth-order valence-electron chi connectivity index (χ4n) is 4.14. The second kappa shape index (κ2) is 11.3. The molecule has 0 amide bonds. The molecule has 1 unspecified atom stereocenters. The van der Waals surface area contributed by atoms with Gasteiger partial charge in [0.15, 0.2) is 5.78 Å². The van der Waals surface area contributed by atoms with Gasteiger partial charge >= 0.3 is 12.1 Å². The molecule has 0 N–H and O–H groups in total. The Labute approximate surface area is 201 Å². The number of hydrogen-bond acceptors (Lipinski definition) is 7. The molecule has 2 saturated heterocycles. The van der Waals surface area contributed by atoms with Gasteiger partial charge < -0.3 is 9.47 Å². The standard InChI is InChI=1S/C24H27NO6.Os/c1-28-23(27)21(16-22(26)20-10-6-3-7-11-20)19-12-14-25(15-13-19)24(30-31-24)29-17-18-8-4-2-5-9-18;/h2-11,19,21H,12-17H2,1H3;. The zero-order valence-electron chi connectivity index (χ0n) is 17.9. The summed E-state index contributed by atoms with van der Waals surface area (Å²) in [6.07, 6.45) is 0.418. The van der Waals surface area contributed by atoms with Crippen molar-refractivity contribution in [2.45, 2.75) is 32.0 Å². The van der Waals surface area contributed by atoms with Crippen LogP contribution in [0.4, 0.5) is 0 Å². The van der Waals surface area contributed by atoms with E-state index in [1.807, 2.05) is 53.4 Å². The summed E-state index contributed by atoms with van der Waals surface area (Å²) in [5.74, 6) is -0.810. The van der Waals surface area contributed by atoms with Crippen LogP contribution < -0.4 is 0 Å². The number of likely N-dealkylation sites (tertiary alicyclic amines) is 1. The molecule has 0 bridgehead atoms. The first-order valence-electron chi connectivity index (χ1n) is 10.6. The van der Waals surface area contributed by atoms with Crippen LogP contribution in [0.3, 0.4) is 0 Å². The van der Waals surface area contributed by atoms with Gasteiger partial charge in [-0.05, 0) is 24.3 Å². The number of benzene rings is 2. The Morgan fingerprint density at radius 3 is 2.19 bits per heavy atom. The molecule has 2 aliphatic heterocycles. The monoisotopic (exact) mass is 617 g/mol. The van der Waals surface area contributed by atoms with Crippen LogP contribution in [0.15, 0.2) is 60.7 Å². The second-order valence-electron chi connectivity index (χ2n) is 7.91. The second-order valence-corrected chi connectivity index (χ2v) is 7.91. The van der Waals surface area contributed by atoms with Crippen LogP contribution in [-0.4, -0.2) is 42.9 Å². The van der Waals surface area contributed by atoms with Crippen LogP contribution in [0.5, 0.6) is 0 Å². The van der Waals surface area contributed by atoms with Crippen molar-refractivity contribution in [3.63, 3.8) is 0 Å². The van der Waals surface area contributed by atoms with Crippen LogP contribution in [0.1, 0.15) is 35.2 Å². The predicted octanol–water partition coefficient (Wildman–Crippen LogP) is 3.55. The molecule has 2 aromatic carbocycles. The van der Waals surface area contributed by atoms with Gasteiger partial charge in [0.1, 0.15) is 0 Å². The molecule has 0 saturated carbocycles. The van der Waals surface area contributed by atoms with Gasteiger partial charge in [0, 0.05) is 44.9 Å². The molecule has 172 valence electrons. The molecule has 0 aliphatic carbocycles. The fourth-order valence-corrected chi connectivity index (χ4v) is 4.14. The molecule has 2 heterocycles. The first kappa shape index (κ1) is 24.7. The summed E-state index contributed by atoms with van der Waals surface area (Å²) < 4.78 is 10.9. The summed E-state index contributed by atoms with van der Waals surface area (Å²) >= 11 is 0. The van der Waals surface area contributed by atoms with Crippen molar-refractivity contribution in [1.82, 2.24) is 4.90 Å². The SMILES string of the molecule is COC(=O)C(CC(=O)c1ccccc1)C1CCN(C2(OCc3ccccc3)OO2)CC1.[Os]. The first-order chi connectivity index (χ1) is 15.1. The van der Waals surface area contributed by atoms with Crippen molar-refractivity contribution in [2.75, 3.05) is 20.2 Å². The van der Waals surface area contributed by atoms with Crippen molar-refractivity contribution >= 4 is 11.8 Å². The molecule has 32 heavy (non-hydrogen) atoms. The molecule has 4 rings (SSSR count). The van der Waals surface area contributed by atoms with Crippen LogP contribution in [0, 0.1) is 11.8 Å². The van der Waals surface area contributed by atoms with E-state index in [2.05, 4.69) is 0 Å². The zero-order valence-corrected chi connectivity index (χ0v) is 20.5. The molecule has 7 nitrogen and oxygen atoms in total. The third kappa shape index (κ3) is 5.89. The third-order valence-electron chi connectivity index (χ3n) is 5.99. The Kier molecular flexibility index (Phi) is 8.69. The number of Topliss-reactive ketones (excluding diaryl/α,β-unsaturated/α-hetero) is 1. The van der Waals surface area contributed by atoms with E-state index in [1.54, 1.807) is 12.1 Å². The third-order valence-corrected chi connectivity index (χ3v) is 5.99. The van der Waals surface area contributed by atoms with Crippen LogP contribution in [0.25, 0.3) is 0 Å². The van der Waals surface area contributed by atoms with E-state index in [1.165, 1.54) is 7.11 Å². The Hall–Kier alpha value is -1.94. The Morgan fingerprint density at radius 2 is 1.62 bits per heavy atom. The average Bonchev–Trinajstić information content (AvgIpc) is 3.63. The Bertz CT molecular complexity index is 882. The topological polar surface area (TPSA) is 80.9 Å². The number of methoxy groups -OCH3 is 1. The summed E-state index contributed by atoms with van der Waals surface area (Å²) in [5, 5.41) is 0. The summed E-state index contributed by atoms with van der Waals surface area (Å²) in [6.45, 7) is 1.64. The molecular formula is C24H27NO6Os. The van der Waals surface area contributed by atoms with Crippen molar-refractivity contribution in [3.05, 3.63) is 71.8 Å². The summed E-state index contributed by atoms with van der Waals surface area (Å²) in [5.41, 5.74) is 1.64. The molecular weight excluding hydrogens is 588 g/mol. The molecule has 0 spiro atoms. The number of piperidine rings is 1. The summed E-state index contributed by atoms with van der Waals surface area (Å²) in [4.78, 5) is 37.5. The molecule has 2 fully saturated rings. The van der Waals surface area contributed by atoms with Gasteiger partial charge in [-0.2, -0.15) is 0 Å². The predicted molar refractivity (Wildman–Crippen MR) is 111 cm³/mol. The number of rotatable bonds is 9. The number of ether oxygens (including phenoxy) is 2. The van der Waals surface area contributed by atoms with E-state index >= 15 is 0 Å². The van der Waals surface area contributed by atoms with E-state index in [-0.39, 0.29) is 43.9 Å². The maximum Gasteiger partial charge on any atom is 0.408 e. The van der Waals surface area contributed by atoms with E-state index in [9.17, 15) is 9.59 Å². The minimum atomic E-state index is -1.15. The van der Waals surface area contributed by atoms with Crippen molar-refractivity contribution in [1.29, 1.82) is 0 Å². The van der Waals surface area contributed by atoms with E-state index < -0.39 is 12.0 Å². The Balaban J connectivity index is 0.00000289. The molecule has 2 aromatic rings. The van der Waals surface area contributed by atoms with Crippen molar-refractivity contribution < 1.29 is 48.6 Å².